The zero-order chi connectivity index (χ0) is 26.6. The quantitative estimate of drug-likeness (QED) is 0.264. The monoisotopic (exact) mass is 500 g/mol. The highest BCUT2D eigenvalue weighted by Crippen LogP contribution is 2.37. The maximum absolute atomic E-state index is 12.7. The second-order valence-electron chi connectivity index (χ2n) is 9.82. The zero-order valence-corrected chi connectivity index (χ0v) is 21.5. The molecule has 0 aliphatic carbocycles. The summed E-state index contributed by atoms with van der Waals surface area (Å²) in [6, 6.07) is 20.8. The van der Waals surface area contributed by atoms with E-state index in [0.29, 0.717) is 12.1 Å². The van der Waals surface area contributed by atoms with Crippen LogP contribution in [0.4, 0.5) is 10.5 Å². The first-order chi connectivity index (χ1) is 17.7. The lowest BCUT2D eigenvalue weighted by Crippen LogP contribution is -2.41. The van der Waals surface area contributed by atoms with E-state index in [1.807, 2.05) is 66.7 Å². The average molecular weight is 501 g/mol. The third kappa shape index (κ3) is 6.09. The normalized spacial score (nSPS) is 12.2. The topological polar surface area (TPSA) is 108 Å². The highest BCUT2D eigenvalue weighted by atomic mass is 16.6. The van der Waals surface area contributed by atoms with Gasteiger partial charge in [0.05, 0.1) is 24.7 Å². The molecule has 37 heavy (non-hydrogen) atoms. The Kier molecular flexibility index (Phi) is 7.47. The second kappa shape index (κ2) is 10.7. The van der Waals surface area contributed by atoms with Gasteiger partial charge in [-0.2, -0.15) is 0 Å². The lowest BCUT2D eigenvalue weighted by atomic mass is 9.97. The molecule has 1 amide bonds. The predicted molar refractivity (Wildman–Crippen MR) is 144 cm³/mol. The number of anilines is 1. The number of rotatable bonds is 7. The number of carbonyl (C=O) groups excluding carboxylic acids is 2. The summed E-state index contributed by atoms with van der Waals surface area (Å²) in [5, 5.41) is 3.87. The number of esters is 1. The Morgan fingerprint density at radius 1 is 1.03 bits per heavy atom. The molecule has 0 saturated heterocycles. The zero-order valence-electron chi connectivity index (χ0n) is 21.5. The molecule has 1 atom stereocenters. The molecule has 0 saturated carbocycles. The molecule has 0 unspecified atom stereocenters. The Balaban J connectivity index is 1.88. The molecule has 4 aromatic rings. The summed E-state index contributed by atoms with van der Waals surface area (Å²) in [7, 11) is 1.33. The number of para-hydroxylation sites is 1. The third-order valence-electron chi connectivity index (χ3n) is 5.85. The van der Waals surface area contributed by atoms with Crippen LogP contribution in [-0.2, 0) is 20.7 Å². The van der Waals surface area contributed by atoms with Crippen LogP contribution >= 0.6 is 0 Å². The lowest BCUT2D eigenvalue weighted by molar-refractivity contribution is -0.141. The first-order valence-corrected chi connectivity index (χ1v) is 12.1. The van der Waals surface area contributed by atoms with Crippen LogP contribution < -0.4 is 11.1 Å². The number of nitrogens with zero attached hydrogens (tertiary/aromatic N) is 2. The number of pyridine rings is 1. The Morgan fingerprint density at radius 3 is 2.38 bits per heavy atom. The van der Waals surface area contributed by atoms with Crippen LogP contribution in [0.3, 0.4) is 0 Å². The van der Waals surface area contributed by atoms with Crippen LogP contribution in [0.1, 0.15) is 32.8 Å². The first-order valence-electron chi connectivity index (χ1n) is 12.1. The molecule has 0 aliphatic heterocycles. The van der Waals surface area contributed by atoms with E-state index in [4.69, 9.17) is 15.2 Å². The number of alkyl carbamates (subject to hydrolysis) is 1. The molecule has 0 radical (unpaired) electrons. The molecule has 3 N–H and O–H groups in total. The molecule has 4 rings (SSSR count). The van der Waals surface area contributed by atoms with E-state index in [2.05, 4.69) is 14.9 Å². The van der Waals surface area contributed by atoms with Gasteiger partial charge in [0.25, 0.3) is 0 Å². The minimum absolute atomic E-state index is 0.0139. The van der Waals surface area contributed by atoms with Crippen molar-refractivity contribution in [2.45, 2.75) is 45.3 Å². The Bertz CT molecular complexity index is 1390. The van der Waals surface area contributed by atoms with Gasteiger partial charge in [-0.15, -0.1) is 0 Å². The molecule has 0 spiro atoms. The number of amides is 1. The fourth-order valence-corrected chi connectivity index (χ4v) is 4.36. The van der Waals surface area contributed by atoms with Crippen LogP contribution in [0.15, 0.2) is 72.9 Å². The summed E-state index contributed by atoms with van der Waals surface area (Å²) in [5.41, 5.74) is 9.71. The smallest absolute Gasteiger partial charge is 0.407 e. The summed E-state index contributed by atoms with van der Waals surface area (Å²) < 4.78 is 12.5. The molecule has 2 heterocycles. The van der Waals surface area contributed by atoms with Crippen molar-refractivity contribution in [2.24, 2.45) is 0 Å². The number of nitrogens with two attached hydrogens (primary N) is 1. The van der Waals surface area contributed by atoms with Gasteiger partial charge in [-0.1, -0.05) is 36.4 Å². The number of carbonyl (C=O) groups is 2. The maximum Gasteiger partial charge on any atom is 0.407 e. The van der Waals surface area contributed by atoms with Crippen molar-refractivity contribution in [1.82, 2.24) is 14.9 Å². The van der Waals surface area contributed by atoms with Gasteiger partial charge in [-0.05, 0) is 68.7 Å². The van der Waals surface area contributed by atoms with Gasteiger partial charge < -0.3 is 20.5 Å². The van der Waals surface area contributed by atoms with Crippen LogP contribution in [0, 0.1) is 0 Å². The summed E-state index contributed by atoms with van der Waals surface area (Å²) in [6.07, 6.45) is 1.50. The van der Waals surface area contributed by atoms with Crippen LogP contribution in [0.25, 0.3) is 28.0 Å². The maximum atomic E-state index is 12.7. The van der Waals surface area contributed by atoms with Crippen LogP contribution in [0.5, 0.6) is 0 Å². The summed E-state index contributed by atoms with van der Waals surface area (Å²) in [5.74, 6) is 0.324. The number of nitrogens with one attached hydrogen (secondary N) is 1. The SMILES string of the molecule is COC(=O)C[C@H](Cc1c(-c2ccc(N)cc2)n(-c2ccccn2)c2ccccc12)NC(=O)OC(C)(C)C. The minimum atomic E-state index is -0.677. The van der Waals surface area contributed by atoms with Gasteiger partial charge in [0, 0.05) is 23.3 Å². The standard InChI is InChI=1S/C29H32N4O4/c1-29(2,3)37-28(35)32-21(18-26(34)36-4)17-23-22-9-5-6-10-24(22)33(25-11-7-8-16-31-25)27(23)19-12-14-20(30)15-13-19/h5-16,21H,17-18,30H2,1-4H3,(H,32,35)/t21-/m0/s1. The molecule has 2 aromatic carbocycles. The van der Waals surface area contributed by atoms with Crippen LogP contribution in [0.2, 0.25) is 0 Å². The van der Waals surface area contributed by atoms with Gasteiger partial charge >= 0.3 is 12.1 Å². The molecule has 0 aliphatic rings. The van der Waals surface area contributed by atoms with Crippen molar-refractivity contribution in [3.63, 3.8) is 0 Å². The molecule has 0 fully saturated rings. The number of nitrogen functional groups attached to an aromatic ring is 1. The molecular formula is C29H32N4O4. The van der Waals surface area contributed by atoms with Crippen molar-refractivity contribution in [3.8, 4) is 17.1 Å². The summed E-state index contributed by atoms with van der Waals surface area (Å²) in [4.78, 5) is 29.6. The van der Waals surface area contributed by atoms with Crippen molar-refractivity contribution < 1.29 is 19.1 Å². The van der Waals surface area contributed by atoms with Crippen molar-refractivity contribution in [1.29, 1.82) is 0 Å². The highest BCUT2D eigenvalue weighted by molar-refractivity contribution is 5.94. The summed E-state index contributed by atoms with van der Waals surface area (Å²) in [6.45, 7) is 5.38. The molecular weight excluding hydrogens is 468 g/mol. The third-order valence-corrected chi connectivity index (χ3v) is 5.85. The van der Waals surface area contributed by atoms with Gasteiger partial charge in [0.15, 0.2) is 0 Å². The summed E-state index contributed by atoms with van der Waals surface area (Å²) >= 11 is 0. The number of aromatic nitrogens is 2. The molecule has 8 nitrogen and oxygen atoms in total. The van der Waals surface area contributed by atoms with Gasteiger partial charge in [-0.3, -0.25) is 9.36 Å². The Hall–Kier alpha value is -4.33. The van der Waals surface area contributed by atoms with Gasteiger partial charge in [0.1, 0.15) is 11.4 Å². The lowest BCUT2D eigenvalue weighted by Gasteiger charge is -2.23. The predicted octanol–water partition coefficient (Wildman–Crippen LogP) is 5.27. The number of fused-ring (bicyclic) bond motifs is 1. The molecule has 0 bridgehead atoms. The van der Waals surface area contributed by atoms with E-state index in [1.54, 1.807) is 27.0 Å². The van der Waals surface area contributed by atoms with E-state index >= 15 is 0 Å². The fourth-order valence-electron chi connectivity index (χ4n) is 4.36. The van der Waals surface area contributed by atoms with E-state index < -0.39 is 23.7 Å². The minimum Gasteiger partial charge on any atom is -0.469 e. The number of benzene rings is 2. The van der Waals surface area contributed by atoms with Crippen molar-refractivity contribution in [3.05, 3.63) is 78.5 Å². The number of hydrogen-bond acceptors (Lipinski definition) is 6. The first kappa shape index (κ1) is 25.8. The largest absolute Gasteiger partial charge is 0.469 e. The average Bonchev–Trinajstić information content (AvgIpc) is 3.17. The second-order valence-corrected chi connectivity index (χ2v) is 9.82. The van der Waals surface area contributed by atoms with E-state index in [-0.39, 0.29) is 6.42 Å². The molecule has 192 valence electrons. The van der Waals surface area contributed by atoms with E-state index in [1.165, 1.54) is 7.11 Å². The van der Waals surface area contributed by atoms with Gasteiger partial charge in [-0.25, -0.2) is 9.78 Å². The van der Waals surface area contributed by atoms with Crippen LogP contribution in [-0.4, -0.2) is 40.4 Å². The van der Waals surface area contributed by atoms with E-state index in [0.717, 1.165) is 33.5 Å². The Morgan fingerprint density at radius 2 is 1.73 bits per heavy atom. The van der Waals surface area contributed by atoms with Gasteiger partial charge in [0.2, 0.25) is 0 Å². The number of hydrogen-bond donors (Lipinski definition) is 2. The van der Waals surface area contributed by atoms with Crippen molar-refractivity contribution in [2.75, 3.05) is 12.8 Å². The molecule has 2 aromatic heterocycles. The highest BCUT2D eigenvalue weighted by Gasteiger charge is 2.27. The molecule has 8 heteroatoms. The fraction of sp³-hybridized carbons (Fsp3) is 0.276. The Labute approximate surface area is 216 Å². The van der Waals surface area contributed by atoms with E-state index in [9.17, 15) is 9.59 Å². The number of methoxy groups -OCH3 is 1. The van der Waals surface area contributed by atoms with Crippen molar-refractivity contribution >= 4 is 28.7 Å². The number of ether oxygens (including phenoxy) is 2.